The summed E-state index contributed by atoms with van der Waals surface area (Å²) in [5.74, 6) is 0.846. The molecular formula is C8H13Cl3N4. The van der Waals surface area contributed by atoms with Crippen molar-refractivity contribution in [3.63, 3.8) is 0 Å². The van der Waals surface area contributed by atoms with Gasteiger partial charge in [-0.1, -0.05) is 11.6 Å². The Hall–Kier alpha value is -0.290. The quantitative estimate of drug-likeness (QED) is 0.838. The highest BCUT2D eigenvalue weighted by Gasteiger charge is 2.13. The number of aromatic nitrogens is 2. The minimum Gasteiger partial charge on any atom is -0.353 e. The summed E-state index contributed by atoms with van der Waals surface area (Å²) in [5.41, 5.74) is 0. The van der Waals surface area contributed by atoms with Crippen molar-refractivity contribution in [1.82, 2.24) is 15.3 Å². The van der Waals surface area contributed by atoms with E-state index in [4.69, 9.17) is 11.6 Å². The summed E-state index contributed by atoms with van der Waals surface area (Å²) in [6, 6.07) is 0. The number of nitrogens with one attached hydrogen (secondary N) is 1. The standard InChI is InChI=1S/C8H11ClN4.2ClH/c9-7-5-11-6-12-8(7)13-3-1-10-2-4-13;;/h5-6,10H,1-4H2;2*1H. The van der Waals surface area contributed by atoms with Gasteiger partial charge >= 0.3 is 0 Å². The fraction of sp³-hybridized carbons (Fsp3) is 0.500. The van der Waals surface area contributed by atoms with Gasteiger partial charge in [-0.3, -0.25) is 0 Å². The third-order valence-electron chi connectivity index (χ3n) is 2.06. The first-order valence-electron chi connectivity index (χ1n) is 4.29. The van der Waals surface area contributed by atoms with Gasteiger partial charge in [0.1, 0.15) is 11.3 Å². The van der Waals surface area contributed by atoms with E-state index in [2.05, 4.69) is 20.2 Å². The van der Waals surface area contributed by atoms with Crippen LogP contribution in [0.25, 0.3) is 0 Å². The molecule has 0 atom stereocenters. The zero-order chi connectivity index (χ0) is 9.10. The van der Waals surface area contributed by atoms with E-state index in [0.717, 1.165) is 32.0 Å². The summed E-state index contributed by atoms with van der Waals surface area (Å²) < 4.78 is 0. The molecule has 86 valence electrons. The zero-order valence-corrected chi connectivity index (χ0v) is 10.4. The monoisotopic (exact) mass is 270 g/mol. The van der Waals surface area contributed by atoms with Crippen LogP contribution in [0.2, 0.25) is 5.02 Å². The molecule has 1 aliphatic heterocycles. The van der Waals surface area contributed by atoms with E-state index in [9.17, 15) is 0 Å². The maximum absolute atomic E-state index is 5.97. The Kier molecular flexibility index (Phi) is 6.92. The van der Waals surface area contributed by atoms with Crippen molar-refractivity contribution in [1.29, 1.82) is 0 Å². The highest BCUT2D eigenvalue weighted by Crippen LogP contribution is 2.20. The number of rotatable bonds is 1. The molecule has 1 saturated heterocycles. The van der Waals surface area contributed by atoms with Crippen LogP contribution in [0.1, 0.15) is 0 Å². The molecule has 0 aromatic carbocycles. The van der Waals surface area contributed by atoms with Crippen LogP contribution in [0, 0.1) is 0 Å². The van der Waals surface area contributed by atoms with Crippen LogP contribution in [0.5, 0.6) is 0 Å². The molecule has 0 aliphatic carbocycles. The number of hydrogen-bond donors (Lipinski definition) is 1. The van der Waals surface area contributed by atoms with Gasteiger partial charge in [-0.25, -0.2) is 9.97 Å². The van der Waals surface area contributed by atoms with Crippen LogP contribution >= 0.6 is 36.4 Å². The van der Waals surface area contributed by atoms with Crippen LogP contribution in [0.3, 0.4) is 0 Å². The largest absolute Gasteiger partial charge is 0.353 e. The van der Waals surface area contributed by atoms with Crippen molar-refractivity contribution in [3.05, 3.63) is 17.5 Å². The Morgan fingerprint density at radius 2 is 1.93 bits per heavy atom. The van der Waals surface area contributed by atoms with Gasteiger partial charge in [0.15, 0.2) is 5.82 Å². The fourth-order valence-electron chi connectivity index (χ4n) is 1.42. The normalized spacial score (nSPS) is 15.1. The molecule has 0 amide bonds. The fourth-order valence-corrected chi connectivity index (χ4v) is 1.64. The molecule has 0 saturated carbocycles. The van der Waals surface area contributed by atoms with Gasteiger partial charge in [-0.15, -0.1) is 24.8 Å². The van der Waals surface area contributed by atoms with E-state index in [1.54, 1.807) is 6.20 Å². The van der Waals surface area contributed by atoms with E-state index in [0.29, 0.717) is 5.02 Å². The Bertz CT molecular complexity index is 291. The molecule has 1 aliphatic rings. The summed E-state index contributed by atoms with van der Waals surface area (Å²) >= 11 is 5.97. The molecule has 2 rings (SSSR count). The maximum Gasteiger partial charge on any atom is 0.150 e. The van der Waals surface area contributed by atoms with E-state index < -0.39 is 0 Å². The molecule has 1 aromatic heterocycles. The van der Waals surface area contributed by atoms with Crippen molar-refractivity contribution in [2.24, 2.45) is 0 Å². The maximum atomic E-state index is 5.97. The summed E-state index contributed by atoms with van der Waals surface area (Å²) in [6.45, 7) is 3.88. The van der Waals surface area contributed by atoms with Gasteiger partial charge in [0.05, 0.1) is 6.20 Å². The minimum absolute atomic E-state index is 0. The van der Waals surface area contributed by atoms with Gasteiger partial charge in [-0.05, 0) is 0 Å². The number of anilines is 1. The smallest absolute Gasteiger partial charge is 0.150 e. The third-order valence-corrected chi connectivity index (χ3v) is 2.33. The number of nitrogens with zero attached hydrogens (tertiary/aromatic N) is 3. The van der Waals surface area contributed by atoms with Crippen molar-refractivity contribution in [2.45, 2.75) is 0 Å². The van der Waals surface area contributed by atoms with Crippen LogP contribution in [0.15, 0.2) is 12.5 Å². The predicted molar refractivity (Wildman–Crippen MR) is 66.6 cm³/mol. The lowest BCUT2D eigenvalue weighted by Crippen LogP contribution is -2.44. The molecule has 2 heterocycles. The molecule has 0 bridgehead atoms. The average Bonchev–Trinajstić information content (AvgIpc) is 2.20. The molecule has 0 spiro atoms. The third kappa shape index (κ3) is 3.65. The Labute approximate surface area is 106 Å². The molecule has 0 unspecified atom stereocenters. The van der Waals surface area contributed by atoms with Crippen LogP contribution in [-0.2, 0) is 0 Å². The highest BCUT2D eigenvalue weighted by atomic mass is 35.5. The van der Waals surface area contributed by atoms with Crippen LogP contribution in [0.4, 0.5) is 5.82 Å². The molecule has 1 N–H and O–H groups in total. The average molecular weight is 272 g/mol. The summed E-state index contributed by atoms with van der Waals surface area (Å²) in [6.07, 6.45) is 3.16. The lowest BCUT2D eigenvalue weighted by atomic mass is 10.3. The molecule has 7 heteroatoms. The number of piperazine rings is 1. The first kappa shape index (κ1) is 14.7. The molecule has 4 nitrogen and oxygen atoms in total. The predicted octanol–water partition coefficient (Wildman–Crippen LogP) is 1.38. The Balaban J connectivity index is 0.000000980. The van der Waals surface area contributed by atoms with Gasteiger partial charge < -0.3 is 10.2 Å². The molecule has 1 aromatic rings. The number of hydrogen-bond acceptors (Lipinski definition) is 4. The van der Waals surface area contributed by atoms with E-state index in [1.165, 1.54) is 6.33 Å². The van der Waals surface area contributed by atoms with E-state index >= 15 is 0 Å². The second-order valence-corrected chi connectivity index (χ2v) is 3.34. The Morgan fingerprint density at radius 3 is 2.53 bits per heavy atom. The van der Waals surface area contributed by atoms with Crippen molar-refractivity contribution in [2.75, 3.05) is 31.1 Å². The lowest BCUT2D eigenvalue weighted by Gasteiger charge is -2.28. The highest BCUT2D eigenvalue weighted by molar-refractivity contribution is 6.32. The van der Waals surface area contributed by atoms with Gasteiger partial charge in [-0.2, -0.15) is 0 Å². The molecule has 1 fully saturated rings. The van der Waals surface area contributed by atoms with Crippen molar-refractivity contribution in [3.8, 4) is 0 Å². The van der Waals surface area contributed by atoms with Crippen molar-refractivity contribution >= 4 is 42.2 Å². The summed E-state index contributed by atoms with van der Waals surface area (Å²) in [5, 5.41) is 3.90. The SMILES string of the molecule is Cl.Cl.Clc1cncnc1N1CCNCC1. The summed E-state index contributed by atoms with van der Waals surface area (Å²) in [4.78, 5) is 10.2. The first-order valence-corrected chi connectivity index (χ1v) is 4.67. The zero-order valence-electron chi connectivity index (χ0n) is 8.02. The molecule has 0 radical (unpaired) electrons. The van der Waals surface area contributed by atoms with Gasteiger partial charge in [0, 0.05) is 26.2 Å². The molecular weight excluding hydrogens is 258 g/mol. The second-order valence-electron chi connectivity index (χ2n) is 2.93. The molecule has 15 heavy (non-hydrogen) atoms. The van der Waals surface area contributed by atoms with Gasteiger partial charge in [0.25, 0.3) is 0 Å². The van der Waals surface area contributed by atoms with Crippen molar-refractivity contribution < 1.29 is 0 Å². The van der Waals surface area contributed by atoms with Crippen LogP contribution < -0.4 is 10.2 Å². The van der Waals surface area contributed by atoms with Gasteiger partial charge in [0.2, 0.25) is 0 Å². The topological polar surface area (TPSA) is 41.1 Å². The first-order chi connectivity index (χ1) is 6.38. The van der Waals surface area contributed by atoms with Crippen LogP contribution in [-0.4, -0.2) is 36.1 Å². The second kappa shape index (κ2) is 7.06. The van der Waals surface area contributed by atoms with E-state index in [1.807, 2.05) is 0 Å². The Morgan fingerprint density at radius 1 is 1.27 bits per heavy atom. The summed E-state index contributed by atoms with van der Waals surface area (Å²) in [7, 11) is 0. The minimum atomic E-state index is 0. The van der Waals surface area contributed by atoms with E-state index in [-0.39, 0.29) is 24.8 Å². The lowest BCUT2D eigenvalue weighted by molar-refractivity contribution is 0.584. The number of halogens is 3.